The van der Waals surface area contributed by atoms with Crippen LogP contribution < -0.4 is 0 Å². The van der Waals surface area contributed by atoms with Crippen LogP contribution in [0.5, 0.6) is 0 Å². The number of carboxylic acid groups (broad SMARTS) is 1. The van der Waals surface area contributed by atoms with E-state index in [1.54, 1.807) is 12.0 Å². The van der Waals surface area contributed by atoms with Crippen molar-refractivity contribution in [3.05, 3.63) is 0 Å². The number of amides is 1. The molecule has 0 aromatic rings. The highest BCUT2D eigenvalue weighted by atomic mass is 16.5. The lowest BCUT2D eigenvalue weighted by Gasteiger charge is -2.24. The minimum Gasteiger partial charge on any atom is -0.481 e. The average Bonchev–Trinajstić information content (AvgIpc) is 2.62. The number of rotatable bonds is 4. The molecule has 2 atom stereocenters. The van der Waals surface area contributed by atoms with Gasteiger partial charge in [0.25, 0.3) is 0 Å². The Bertz CT molecular complexity index is 416. The number of methoxy groups -OCH3 is 1. The van der Waals surface area contributed by atoms with E-state index in [0.29, 0.717) is 13.0 Å². The number of carbonyl (C=O) groups is 2. The monoisotopic (exact) mass is 283 g/mol. The second-order valence-corrected chi connectivity index (χ2v) is 7.21. The average molecular weight is 283 g/mol. The smallest absolute Gasteiger partial charge is 0.305 e. The third kappa shape index (κ3) is 2.22. The molecular formula is C15H25NO4. The Labute approximate surface area is 120 Å². The third-order valence-electron chi connectivity index (χ3n) is 5.67. The summed E-state index contributed by atoms with van der Waals surface area (Å²) >= 11 is 0. The van der Waals surface area contributed by atoms with Crippen LogP contribution in [0.15, 0.2) is 0 Å². The predicted molar refractivity (Wildman–Crippen MR) is 74.2 cm³/mol. The highest BCUT2D eigenvalue weighted by Crippen LogP contribution is 2.69. The van der Waals surface area contributed by atoms with Crippen LogP contribution in [0, 0.1) is 16.7 Å². The van der Waals surface area contributed by atoms with Gasteiger partial charge in [0.2, 0.25) is 5.91 Å². The molecule has 2 aliphatic rings. The zero-order valence-electron chi connectivity index (χ0n) is 13.0. The number of nitrogens with zero attached hydrogens (tertiary/aromatic N) is 1. The molecule has 20 heavy (non-hydrogen) atoms. The summed E-state index contributed by atoms with van der Waals surface area (Å²) in [6, 6.07) is -0.239. The Balaban J connectivity index is 2.14. The maximum Gasteiger partial charge on any atom is 0.305 e. The standard InChI is InChI=1S/C15H25NO4/c1-14(2)12(15(14,3)4)13(19)16-8-10(20-5)6-9(16)7-11(17)18/h9-10,12H,6-8H2,1-5H3,(H,17,18). The molecule has 1 saturated heterocycles. The van der Waals surface area contributed by atoms with Crippen molar-refractivity contribution >= 4 is 11.9 Å². The SMILES string of the molecule is COC1CC(CC(=O)O)N(C(=O)C2C(C)(C)C2(C)C)C1. The van der Waals surface area contributed by atoms with E-state index in [1.165, 1.54) is 0 Å². The van der Waals surface area contributed by atoms with Gasteiger partial charge >= 0.3 is 5.97 Å². The van der Waals surface area contributed by atoms with E-state index < -0.39 is 5.97 Å². The Morgan fingerprint density at radius 1 is 1.25 bits per heavy atom. The maximum absolute atomic E-state index is 12.8. The number of aliphatic carboxylic acids is 1. The van der Waals surface area contributed by atoms with Gasteiger partial charge in [-0.2, -0.15) is 0 Å². The topological polar surface area (TPSA) is 66.8 Å². The minimum atomic E-state index is -0.862. The van der Waals surface area contributed by atoms with Crippen LogP contribution in [-0.2, 0) is 14.3 Å². The quantitative estimate of drug-likeness (QED) is 0.853. The Morgan fingerprint density at radius 2 is 1.80 bits per heavy atom. The van der Waals surface area contributed by atoms with Crippen LogP contribution in [0.4, 0.5) is 0 Å². The van der Waals surface area contributed by atoms with Gasteiger partial charge in [-0.1, -0.05) is 27.7 Å². The van der Waals surface area contributed by atoms with Crippen LogP contribution in [0.25, 0.3) is 0 Å². The Morgan fingerprint density at radius 3 is 2.20 bits per heavy atom. The van der Waals surface area contributed by atoms with Crippen LogP contribution >= 0.6 is 0 Å². The van der Waals surface area contributed by atoms with E-state index in [0.717, 1.165) is 0 Å². The number of carbonyl (C=O) groups excluding carboxylic acids is 1. The van der Waals surface area contributed by atoms with E-state index in [-0.39, 0.29) is 41.2 Å². The summed E-state index contributed by atoms with van der Waals surface area (Å²) in [5, 5.41) is 9.01. The fourth-order valence-corrected chi connectivity index (χ4v) is 3.69. The summed E-state index contributed by atoms with van der Waals surface area (Å²) in [7, 11) is 1.61. The molecule has 2 fully saturated rings. The van der Waals surface area contributed by atoms with Crippen molar-refractivity contribution < 1.29 is 19.4 Å². The van der Waals surface area contributed by atoms with Crippen LogP contribution in [-0.4, -0.2) is 47.7 Å². The Hall–Kier alpha value is -1.10. The Kier molecular flexibility index (Phi) is 3.61. The van der Waals surface area contributed by atoms with E-state index in [2.05, 4.69) is 27.7 Å². The second kappa shape index (κ2) is 4.72. The van der Waals surface area contributed by atoms with Gasteiger partial charge in [0.15, 0.2) is 0 Å². The van der Waals surface area contributed by atoms with Crippen molar-refractivity contribution in [3.63, 3.8) is 0 Å². The van der Waals surface area contributed by atoms with Crippen molar-refractivity contribution in [1.29, 1.82) is 0 Å². The molecule has 5 nitrogen and oxygen atoms in total. The lowest BCUT2D eigenvalue weighted by molar-refractivity contribution is -0.140. The van der Waals surface area contributed by atoms with Crippen molar-refractivity contribution in [2.24, 2.45) is 16.7 Å². The molecule has 0 aromatic heterocycles. The summed E-state index contributed by atoms with van der Waals surface area (Å²) in [6.45, 7) is 8.92. The molecule has 114 valence electrons. The molecule has 1 amide bonds. The first kappa shape index (κ1) is 15.3. The maximum atomic E-state index is 12.8. The minimum absolute atomic E-state index is 0.000816. The van der Waals surface area contributed by atoms with Crippen LogP contribution in [0.2, 0.25) is 0 Å². The van der Waals surface area contributed by atoms with E-state index >= 15 is 0 Å². The van der Waals surface area contributed by atoms with Gasteiger partial charge in [-0.3, -0.25) is 9.59 Å². The summed E-state index contributed by atoms with van der Waals surface area (Å²) in [4.78, 5) is 25.5. The van der Waals surface area contributed by atoms with Crippen molar-refractivity contribution in [1.82, 2.24) is 4.90 Å². The molecule has 0 bridgehead atoms. The van der Waals surface area contributed by atoms with E-state index in [1.807, 2.05) is 0 Å². The molecule has 1 aliphatic carbocycles. The largest absolute Gasteiger partial charge is 0.481 e. The van der Waals surface area contributed by atoms with Gasteiger partial charge in [-0.15, -0.1) is 0 Å². The second-order valence-electron chi connectivity index (χ2n) is 7.21. The highest BCUT2D eigenvalue weighted by molar-refractivity contribution is 5.85. The highest BCUT2D eigenvalue weighted by Gasteiger charge is 2.69. The zero-order valence-corrected chi connectivity index (χ0v) is 13.0. The van der Waals surface area contributed by atoms with Gasteiger partial charge < -0.3 is 14.7 Å². The van der Waals surface area contributed by atoms with Crippen LogP contribution in [0.1, 0.15) is 40.5 Å². The summed E-state index contributed by atoms with van der Waals surface area (Å²) in [6.07, 6.45) is 0.565. The van der Waals surface area contributed by atoms with Gasteiger partial charge in [-0.25, -0.2) is 0 Å². The first-order valence-electron chi connectivity index (χ1n) is 7.18. The first-order chi connectivity index (χ1) is 9.12. The fourth-order valence-electron chi connectivity index (χ4n) is 3.69. The number of ether oxygens (including phenoxy) is 1. The molecular weight excluding hydrogens is 258 g/mol. The molecule has 2 rings (SSSR count). The lowest BCUT2D eigenvalue weighted by Crippen LogP contribution is -2.39. The molecule has 0 radical (unpaired) electrons. The van der Waals surface area contributed by atoms with Crippen LogP contribution in [0.3, 0.4) is 0 Å². The predicted octanol–water partition coefficient (Wildman–Crippen LogP) is 1.76. The molecule has 1 heterocycles. The summed E-state index contributed by atoms with van der Waals surface area (Å²) < 4.78 is 5.32. The fraction of sp³-hybridized carbons (Fsp3) is 0.867. The molecule has 2 unspecified atom stereocenters. The molecule has 0 aromatic carbocycles. The number of hydrogen-bond donors (Lipinski definition) is 1. The van der Waals surface area contributed by atoms with Gasteiger partial charge in [0.05, 0.1) is 12.5 Å². The third-order valence-corrected chi connectivity index (χ3v) is 5.67. The number of carboxylic acids is 1. The molecule has 1 aliphatic heterocycles. The van der Waals surface area contributed by atoms with Gasteiger partial charge in [0, 0.05) is 25.6 Å². The summed E-state index contributed by atoms with van der Waals surface area (Å²) in [5.74, 6) is -0.799. The van der Waals surface area contributed by atoms with Crippen molar-refractivity contribution in [3.8, 4) is 0 Å². The molecule has 1 N–H and O–H groups in total. The first-order valence-corrected chi connectivity index (χ1v) is 7.18. The zero-order chi connectivity index (χ0) is 15.3. The number of likely N-dealkylation sites (tertiary alicyclic amines) is 1. The van der Waals surface area contributed by atoms with Gasteiger partial charge in [0.1, 0.15) is 0 Å². The molecule has 0 spiro atoms. The van der Waals surface area contributed by atoms with Crippen molar-refractivity contribution in [2.75, 3.05) is 13.7 Å². The normalized spacial score (nSPS) is 31.4. The van der Waals surface area contributed by atoms with E-state index in [4.69, 9.17) is 9.84 Å². The molecule has 5 heteroatoms. The lowest BCUT2D eigenvalue weighted by atomic mass is 10.0. The van der Waals surface area contributed by atoms with E-state index in [9.17, 15) is 9.59 Å². The molecule has 1 saturated carbocycles. The number of hydrogen-bond acceptors (Lipinski definition) is 3. The summed E-state index contributed by atoms with van der Waals surface area (Å²) in [5.41, 5.74) is -0.0496. The van der Waals surface area contributed by atoms with Crippen molar-refractivity contribution in [2.45, 2.75) is 52.7 Å². The van der Waals surface area contributed by atoms with Gasteiger partial charge in [-0.05, 0) is 17.3 Å².